The molecule has 0 heterocycles. The van der Waals surface area contributed by atoms with E-state index in [9.17, 15) is 9.36 Å². The first-order valence-electron chi connectivity index (χ1n) is 11.3. The number of hydrogen-bond donors (Lipinski definition) is 0. The van der Waals surface area contributed by atoms with Crippen molar-refractivity contribution in [3.05, 3.63) is 72.3 Å². The number of anilines is 1. The van der Waals surface area contributed by atoms with Crippen molar-refractivity contribution in [2.24, 2.45) is 0 Å². The highest BCUT2D eigenvalue weighted by Gasteiger charge is 2.33. The molecule has 182 valence electrons. The minimum absolute atomic E-state index is 0.139. The predicted octanol–water partition coefficient (Wildman–Crippen LogP) is 7.34. The SMILES string of the molecule is CCOP(=O)(OCC)Oc1ccc2ccccc2c1N(Cc1ccccc1)C(=O)OC(C)(C)C. The fourth-order valence-corrected chi connectivity index (χ4v) is 4.63. The second-order valence-electron chi connectivity index (χ2n) is 8.56. The monoisotopic (exact) mass is 485 g/mol. The molecule has 3 aromatic rings. The molecule has 0 saturated heterocycles. The van der Waals surface area contributed by atoms with Crippen molar-refractivity contribution in [3.63, 3.8) is 0 Å². The number of phosphoric acid groups is 1. The van der Waals surface area contributed by atoms with Crippen molar-refractivity contribution in [3.8, 4) is 5.75 Å². The van der Waals surface area contributed by atoms with Crippen LogP contribution in [0.1, 0.15) is 40.2 Å². The van der Waals surface area contributed by atoms with Crippen LogP contribution in [0, 0.1) is 0 Å². The molecule has 34 heavy (non-hydrogen) atoms. The van der Waals surface area contributed by atoms with E-state index in [0.717, 1.165) is 16.3 Å². The van der Waals surface area contributed by atoms with Crippen LogP contribution in [-0.2, 0) is 24.9 Å². The quantitative estimate of drug-likeness (QED) is 0.295. The van der Waals surface area contributed by atoms with Crippen LogP contribution >= 0.6 is 7.82 Å². The second kappa shape index (κ2) is 11.0. The van der Waals surface area contributed by atoms with Crippen LogP contribution in [0.2, 0.25) is 0 Å². The van der Waals surface area contributed by atoms with Crippen molar-refractivity contribution < 1.29 is 27.7 Å². The normalized spacial score (nSPS) is 11.9. The zero-order valence-electron chi connectivity index (χ0n) is 20.3. The summed E-state index contributed by atoms with van der Waals surface area (Å²) < 4.78 is 35.6. The third-order valence-electron chi connectivity index (χ3n) is 4.72. The molecular weight excluding hydrogens is 453 g/mol. The topological polar surface area (TPSA) is 74.3 Å². The number of amides is 1. The summed E-state index contributed by atoms with van der Waals surface area (Å²) in [6.45, 7) is 9.34. The summed E-state index contributed by atoms with van der Waals surface area (Å²) in [5.74, 6) is 0.200. The third kappa shape index (κ3) is 6.60. The van der Waals surface area contributed by atoms with Gasteiger partial charge in [0.25, 0.3) is 0 Å². The summed E-state index contributed by atoms with van der Waals surface area (Å²) in [5, 5.41) is 1.62. The molecule has 3 aromatic carbocycles. The first-order chi connectivity index (χ1) is 16.2. The summed E-state index contributed by atoms with van der Waals surface area (Å²) in [5.41, 5.74) is 0.602. The Labute approximate surface area is 201 Å². The Morgan fingerprint density at radius 3 is 2.12 bits per heavy atom. The highest BCUT2D eigenvalue weighted by Crippen LogP contribution is 2.52. The average Bonchev–Trinajstić information content (AvgIpc) is 2.77. The van der Waals surface area contributed by atoms with Gasteiger partial charge in [0.2, 0.25) is 0 Å². The molecule has 0 atom stereocenters. The van der Waals surface area contributed by atoms with Gasteiger partial charge < -0.3 is 9.26 Å². The third-order valence-corrected chi connectivity index (χ3v) is 6.28. The van der Waals surface area contributed by atoms with Crippen LogP contribution in [0.3, 0.4) is 0 Å². The van der Waals surface area contributed by atoms with Gasteiger partial charge in [-0.1, -0.05) is 60.7 Å². The van der Waals surface area contributed by atoms with Gasteiger partial charge in [-0.3, -0.25) is 13.9 Å². The smallest absolute Gasteiger partial charge is 0.443 e. The van der Waals surface area contributed by atoms with E-state index in [2.05, 4.69) is 0 Å². The Balaban J connectivity index is 2.20. The molecule has 0 aliphatic rings. The Kier molecular flexibility index (Phi) is 8.37. The molecule has 0 bridgehead atoms. The van der Waals surface area contributed by atoms with Gasteiger partial charge in [-0.25, -0.2) is 9.36 Å². The zero-order valence-corrected chi connectivity index (χ0v) is 21.2. The highest BCUT2D eigenvalue weighted by atomic mass is 31.2. The molecule has 0 aliphatic heterocycles. The van der Waals surface area contributed by atoms with Crippen LogP contribution in [0.25, 0.3) is 10.8 Å². The number of phosphoric ester groups is 1. The largest absolute Gasteiger partial charge is 0.530 e. The maximum Gasteiger partial charge on any atom is 0.530 e. The fraction of sp³-hybridized carbons (Fsp3) is 0.346. The average molecular weight is 486 g/mol. The zero-order chi connectivity index (χ0) is 24.8. The van der Waals surface area contributed by atoms with E-state index in [1.165, 1.54) is 4.90 Å². The maximum absolute atomic E-state index is 13.5. The van der Waals surface area contributed by atoms with Crippen molar-refractivity contribution in [2.45, 2.75) is 46.8 Å². The lowest BCUT2D eigenvalue weighted by atomic mass is 10.1. The molecule has 0 radical (unpaired) electrons. The first-order valence-corrected chi connectivity index (χ1v) is 12.8. The van der Waals surface area contributed by atoms with Crippen LogP contribution in [0.4, 0.5) is 10.5 Å². The van der Waals surface area contributed by atoms with Crippen LogP contribution < -0.4 is 9.42 Å². The summed E-state index contributed by atoms with van der Waals surface area (Å²) in [7, 11) is -3.92. The Bertz CT molecular complexity index is 1150. The number of carbonyl (C=O) groups excluding carboxylic acids is 1. The molecule has 0 saturated carbocycles. The van der Waals surface area contributed by atoms with Crippen molar-refractivity contribution in [1.82, 2.24) is 0 Å². The number of benzene rings is 3. The van der Waals surface area contributed by atoms with Gasteiger partial charge in [0.15, 0.2) is 5.75 Å². The van der Waals surface area contributed by atoms with E-state index in [1.54, 1.807) is 19.9 Å². The fourth-order valence-electron chi connectivity index (χ4n) is 3.43. The van der Waals surface area contributed by atoms with E-state index in [0.29, 0.717) is 5.69 Å². The van der Waals surface area contributed by atoms with Gasteiger partial charge in [-0.05, 0) is 51.6 Å². The van der Waals surface area contributed by atoms with Gasteiger partial charge in [0.1, 0.15) is 5.60 Å². The van der Waals surface area contributed by atoms with Gasteiger partial charge in [-0.15, -0.1) is 0 Å². The minimum atomic E-state index is -3.92. The van der Waals surface area contributed by atoms with E-state index < -0.39 is 19.5 Å². The summed E-state index contributed by atoms with van der Waals surface area (Å²) in [6.07, 6.45) is -0.555. The first kappa shape index (κ1) is 25.8. The highest BCUT2D eigenvalue weighted by molar-refractivity contribution is 7.48. The predicted molar refractivity (Wildman–Crippen MR) is 134 cm³/mol. The molecule has 0 fully saturated rings. The van der Waals surface area contributed by atoms with Crippen molar-refractivity contribution in [2.75, 3.05) is 18.1 Å². The van der Waals surface area contributed by atoms with E-state index >= 15 is 0 Å². The molecule has 8 heteroatoms. The molecule has 3 rings (SSSR count). The second-order valence-corrected chi connectivity index (χ2v) is 10.2. The molecule has 0 aliphatic carbocycles. The summed E-state index contributed by atoms with van der Waals surface area (Å²) in [6, 6.07) is 20.7. The summed E-state index contributed by atoms with van der Waals surface area (Å²) in [4.78, 5) is 15.0. The number of ether oxygens (including phenoxy) is 1. The van der Waals surface area contributed by atoms with Gasteiger partial charge >= 0.3 is 13.9 Å². The molecule has 0 unspecified atom stereocenters. The van der Waals surface area contributed by atoms with Gasteiger partial charge in [-0.2, -0.15) is 0 Å². The van der Waals surface area contributed by atoms with E-state index in [-0.39, 0.29) is 25.5 Å². The summed E-state index contributed by atoms with van der Waals surface area (Å²) >= 11 is 0. The minimum Gasteiger partial charge on any atom is -0.443 e. The van der Waals surface area contributed by atoms with E-state index in [1.807, 2.05) is 81.4 Å². The number of fused-ring (bicyclic) bond motifs is 1. The van der Waals surface area contributed by atoms with Crippen LogP contribution in [0.15, 0.2) is 66.7 Å². The lowest BCUT2D eigenvalue weighted by Gasteiger charge is -2.30. The number of hydrogen-bond acceptors (Lipinski definition) is 6. The van der Waals surface area contributed by atoms with Crippen molar-refractivity contribution in [1.29, 1.82) is 0 Å². The molecule has 0 aromatic heterocycles. The Hall–Kier alpha value is -2.86. The lowest BCUT2D eigenvalue weighted by molar-refractivity contribution is 0.0576. The number of nitrogens with zero attached hydrogens (tertiary/aromatic N) is 1. The molecule has 0 N–H and O–H groups in total. The molecular formula is C26H32NO6P. The number of carbonyl (C=O) groups is 1. The van der Waals surface area contributed by atoms with Gasteiger partial charge in [0.05, 0.1) is 25.4 Å². The van der Waals surface area contributed by atoms with Gasteiger partial charge in [0, 0.05) is 5.39 Å². The Morgan fingerprint density at radius 1 is 0.882 bits per heavy atom. The molecule has 0 spiro atoms. The lowest BCUT2D eigenvalue weighted by Crippen LogP contribution is -2.36. The molecule has 7 nitrogen and oxygen atoms in total. The number of rotatable bonds is 9. The Morgan fingerprint density at radius 2 is 1.50 bits per heavy atom. The standard InChI is InChI=1S/C26H32NO6P/c1-6-30-34(29,31-7-2)33-23-18-17-21-15-11-12-16-22(21)24(23)27(25(28)32-26(3,4)5)19-20-13-9-8-10-14-20/h8-18H,6-7,19H2,1-5H3. The maximum atomic E-state index is 13.5. The molecule has 1 amide bonds. The van der Waals surface area contributed by atoms with Crippen molar-refractivity contribution >= 4 is 30.4 Å². The van der Waals surface area contributed by atoms with Crippen LogP contribution in [0.5, 0.6) is 5.75 Å². The van der Waals surface area contributed by atoms with E-state index in [4.69, 9.17) is 18.3 Å². The van der Waals surface area contributed by atoms with Crippen LogP contribution in [-0.4, -0.2) is 24.9 Å².